The summed E-state index contributed by atoms with van der Waals surface area (Å²) in [6.45, 7) is 0.393. The van der Waals surface area contributed by atoms with E-state index in [9.17, 15) is 9.18 Å². The van der Waals surface area contributed by atoms with E-state index in [-0.39, 0.29) is 23.4 Å². The van der Waals surface area contributed by atoms with Crippen molar-refractivity contribution in [2.45, 2.75) is 19.3 Å². The number of Topliss-reactive ketones (excluding diaryl/α,β-unsaturated/α-hetero) is 1. The van der Waals surface area contributed by atoms with Gasteiger partial charge in [0.25, 0.3) is 0 Å². The molecule has 3 nitrogen and oxygen atoms in total. The quantitative estimate of drug-likeness (QED) is 0.847. The summed E-state index contributed by atoms with van der Waals surface area (Å²) in [4.78, 5) is 12.0. The van der Waals surface area contributed by atoms with Crippen LogP contribution in [0, 0.1) is 11.2 Å². The van der Waals surface area contributed by atoms with Gasteiger partial charge in [-0.1, -0.05) is 6.07 Å². The minimum atomic E-state index is -0.435. The molecule has 0 unspecified atom stereocenters. The number of hydrogen-bond donors (Lipinski definition) is 1. The number of methoxy groups -OCH3 is 1. The standard InChI is InChI=1S/C13H16FNO2/c1-17-11-3-2-9(6-10(11)14)7-12(16)13(8-15)4-5-13/h2-3,6H,4-5,7-8,15H2,1H3. The number of carbonyl (C=O) groups excluding carboxylic acids is 1. The Labute approximate surface area is 99.8 Å². The summed E-state index contributed by atoms with van der Waals surface area (Å²) in [5.74, 6) is -0.124. The van der Waals surface area contributed by atoms with Crippen LogP contribution in [-0.4, -0.2) is 19.4 Å². The Morgan fingerprint density at radius 1 is 1.53 bits per heavy atom. The van der Waals surface area contributed by atoms with E-state index in [0.717, 1.165) is 12.8 Å². The first-order chi connectivity index (χ1) is 8.11. The topological polar surface area (TPSA) is 52.3 Å². The van der Waals surface area contributed by atoms with Crippen molar-refractivity contribution in [1.82, 2.24) is 0 Å². The maximum Gasteiger partial charge on any atom is 0.165 e. The molecule has 0 radical (unpaired) electrons. The first kappa shape index (κ1) is 12.0. The molecule has 0 saturated heterocycles. The van der Waals surface area contributed by atoms with E-state index in [4.69, 9.17) is 10.5 Å². The van der Waals surface area contributed by atoms with Crippen LogP contribution in [0.2, 0.25) is 0 Å². The van der Waals surface area contributed by atoms with Crippen LogP contribution in [0.5, 0.6) is 5.75 Å². The van der Waals surface area contributed by atoms with Gasteiger partial charge in [-0.05, 0) is 30.5 Å². The van der Waals surface area contributed by atoms with E-state index in [1.807, 2.05) is 0 Å². The molecule has 2 rings (SSSR count). The zero-order valence-corrected chi connectivity index (χ0v) is 9.83. The highest BCUT2D eigenvalue weighted by Crippen LogP contribution is 2.46. The Balaban J connectivity index is 2.09. The molecule has 17 heavy (non-hydrogen) atoms. The molecule has 1 aliphatic carbocycles. The van der Waals surface area contributed by atoms with Gasteiger partial charge in [0.1, 0.15) is 5.78 Å². The second-order valence-electron chi connectivity index (χ2n) is 4.55. The van der Waals surface area contributed by atoms with Crippen molar-refractivity contribution in [3.05, 3.63) is 29.6 Å². The Bertz CT molecular complexity index is 441. The smallest absolute Gasteiger partial charge is 0.165 e. The average Bonchev–Trinajstić information content (AvgIpc) is 3.10. The largest absolute Gasteiger partial charge is 0.494 e. The first-order valence-electron chi connectivity index (χ1n) is 5.67. The van der Waals surface area contributed by atoms with Gasteiger partial charge in [-0.3, -0.25) is 4.79 Å². The molecule has 0 aliphatic heterocycles. The summed E-state index contributed by atoms with van der Waals surface area (Å²) in [6, 6.07) is 4.61. The molecule has 0 amide bonds. The number of ketones is 1. The number of halogens is 1. The van der Waals surface area contributed by atoms with Crippen molar-refractivity contribution in [2.24, 2.45) is 11.1 Å². The lowest BCUT2D eigenvalue weighted by Gasteiger charge is -2.11. The number of rotatable bonds is 5. The minimum absolute atomic E-state index is 0.115. The molecule has 4 heteroatoms. The van der Waals surface area contributed by atoms with Gasteiger partial charge in [0.05, 0.1) is 7.11 Å². The fourth-order valence-electron chi connectivity index (χ4n) is 1.94. The van der Waals surface area contributed by atoms with Gasteiger partial charge >= 0.3 is 0 Å². The monoisotopic (exact) mass is 237 g/mol. The van der Waals surface area contributed by atoms with Crippen molar-refractivity contribution >= 4 is 5.78 Å². The molecule has 1 fully saturated rings. The second-order valence-corrected chi connectivity index (χ2v) is 4.55. The van der Waals surface area contributed by atoms with Crippen LogP contribution >= 0.6 is 0 Å². The first-order valence-corrected chi connectivity index (χ1v) is 5.67. The van der Waals surface area contributed by atoms with Gasteiger partial charge in [0.15, 0.2) is 11.6 Å². The van der Waals surface area contributed by atoms with E-state index in [2.05, 4.69) is 0 Å². The lowest BCUT2D eigenvalue weighted by molar-refractivity contribution is -0.123. The van der Waals surface area contributed by atoms with Crippen molar-refractivity contribution < 1.29 is 13.9 Å². The predicted molar refractivity (Wildman–Crippen MR) is 62.4 cm³/mol. The van der Waals surface area contributed by atoms with Crippen LogP contribution in [0.1, 0.15) is 18.4 Å². The van der Waals surface area contributed by atoms with Crippen LogP contribution in [0.4, 0.5) is 4.39 Å². The summed E-state index contributed by atoms with van der Waals surface area (Å²) >= 11 is 0. The molecule has 92 valence electrons. The molecular weight excluding hydrogens is 221 g/mol. The fraction of sp³-hybridized carbons (Fsp3) is 0.462. The van der Waals surface area contributed by atoms with E-state index in [1.165, 1.54) is 13.2 Å². The molecule has 1 aliphatic rings. The number of nitrogens with two attached hydrogens (primary N) is 1. The van der Waals surface area contributed by atoms with Gasteiger partial charge in [0.2, 0.25) is 0 Å². The van der Waals surface area contributed by atoms with Gasteiger partial charge < -0.3 is 10.5 Å². The van der Waals surface area contributed by atoms with Crippen molar-refractivity contribution in [2.75, 3.05) is 13.7 Å². The summed E-state index contributed by atoms with van der Waals surface area (Å²) in [5.41, 5.74) is 5.94. The van der Waals surface area contributed by atoms with E-state index in [0.29, 0.717) is 12.1 Å². The maximum atomic E-state index is 13.4. The summed E-state index contributed by atoms with van der Waals surface area (Å²) in [6.07, 6.45) is 1.97. The Morgan fingerprint density at radius 3 is 2.71 bits per heavy atom. The molecule has 0 heterocycles. The second kappa shape index (κ2) is 4.45. The SMILES string of the molecule is COc1ccc(CC(=O)C2(CN)CC2)cc1F. The van der Waals surface area contributed by atoms with Crippen molar-refractivity contribution in [1.29, 1.82) is 0 Å². The highest BCUT2D eigenvalue weighted by atomic mass is 19.1. The molecule has 0 atom stereocenters. The summed E-state index contributed by atoms with van der Waals surface area (Å²) < 4.78 is 18.3. The van der Waals surface area contributed by atoms with Crippen LogP contribution < -0.4 is 10.5 Å². The molecular formula is C13H16FNO2. The minimum Gasteiger partial charge on any atom is -0.494 e. The van der Waals surface area contributed by atoms with Gasteiger partial charge in [0, 0.05) is 18.4 Å². The molecule has 1 aromatic carbocycles. The third-order valence-electron chi connectivity index (χ3n) is 3.42. The van der Waals surface area contributed by atoms with E-state index < -0.39 is 5.82 Å². The zero-order valence-electron chi connectivity index (χ0n) is 9.83. The Hall–Kier alpha value is -1.42. The number of carbonyl (C=O) groups is 1. The van der Waals surface area contributed by atoms with Crippen LogP contribution in [0.3, 0.4) is 0 Å². The van der Waals surface area contributed by atoms with Crippen molar-refractivity contribution in [3.63, 3.8) is 0 Å². The number of benzene rings is 1. The molecule has 0 aromatic heterocycles. The number of hydrogen-bond acceptors (Lipinski definition) is 3. The molecule has 1 aromatic rings. The van der Waals surface area contributed by atoms with Gasteiger partial charge in [-0.2, -0.15) is 0 Å². The van der Waals surface area contributed by atoms with Crippen LogP contribution in [-0.2, 0) is 11.2 Å². The van der Waals surface area contributed by atoms with E-state index in [1.54, 1.807) is 12.1 Å². The molecule has 0 spiro atoms. The van der Waals surface area contributed by atoms with Gasteiger partial charge in [-0.15, -0.1) is 0 Å². The third kappa shape index (κ3) is 2.31. The fourth-order valence-corrected chi connectivity index (χ4v) is 1.94. The molecule has 0 bridgehead atoms. The summed E-state index contributed by atoms with van der Waals surface area (Å²) in [5, 5.41) is 0. The molecule has 1 saturated carbocycles. The third-order valence-corrected chi connectivity index (χ3v) is 3.42. The van der Waals surface area contributed by atoms with Crippen LogP contribution in [0.25, 0.3) is 0 Å². The molecule has 2 N–H and O–H groups in total. The zero-order chi connectivity index (χ0) is 12.5. The van der Waals surface area contributed by atoms with Gasteiger partial charge in [-0.25, -0.2) is 4.39 Å². The highest BCUT2D eigenvalue weighted by Gasteiger charge is 2.47. The lowest BCUT2D eigenvalue weighted by Crippen LogP contribution is -2.26. The maximum absolute atomic E-state index is 13.4. The highest BCUT2D eigenvalue weighted by molar-refractivity contribution is 5.89. The van der Waals surface area contributed by atoms with Crippen LogP contribution in [0.15, 0.2) is 18.2 Å². The number of ether oxygens (including phenoxy) is 1. The Morgan fingerprint density at radius 2 is 2.24 bits per heavy atom. The Kier molecular flexibility index (Phi) is 3.15. The average molecular weight is 237 g/mol. The van der Waals surface area contributed by atoms with E-state index >= 15 is 0 Å². The van der Waals surface area contributed by atoms with Crippen molar-refractivity contribution in [3.8, 4) is 5.75 Å². The summed E-state index contributed by atoms with van der Waals surface area (Å²) in [7, 11) is 1.41. The predicted octanol–water partition coefficient (Wildman–Crippen LogP) is 1.68. The normalized spacial score (nSPS) is 16.6. The lowest BCUT2D eigenvalue weighted by atomic mass is 9.95.